The van der Waals surface area contributed by atoms with Crippen LogP contribution in [-0.4, -0.2) is 76.0 Å². The van der Waals surface area contributed by atoms with Crippen LogP contribution in [0.15, 0.2) is 0 Å². The summed E-state index contributed by atoms with van der Waals surface area (Å²) in [6, 6.07) is 0. The fraction of sp³-hybridized carbons (Fsp3) is 0.667. The molecular weight excluding hydrogens is 189 g/mol. The Hall–Kier alpha value is -0.140. The van der Waals surface area contributed by atoms with E-state index in [4.69, 9.17) is 15.3 Å². The van der Waals surface area contributed by atoms with E-state index in [0.29, 0.717) is 0 Å². The van der Waals surface area contributed by atoms with Crippen LogP contribution in [0.3, 0.4) is 0 Å². The second-order valence-corrected chi connectivity index (χ2v) is 2.24. The van der Waals surface area contributed by atoms with Gasteiger partial charge in [0.25, 0.3) is 0 Å². The molecule has 13 heavy (non-hydrogen) atoms. The molecule has 0 aromatic heterocycles. The number of nitrogens with one attached hydrogen (secondary N) is 1. The second kappa shape index (κ2) is 6.33. The van der Waals surface area contributed by atoms with Gasteiger partial charge in [0, 0.05) is 13.0 Å². The van der Waals surface area contributed by atoms with Crippen molar-refractivity contribution in [3.05, 3.63) is 0 Å². The van der Waals surface area contributed by atoms with Crippen molar-refractivity contribution < 1.29 is 24.9 Å². The van der Waals surface area contributed by atoms with E-state index in [-0.39, 0.29) is 36.0 Å². The molecule has 0 bridgehead atoms. The van der Waals surface area contributed by atoms with Crippen LogP contribution in [0.4, 0.5) is 0 Å². The molecule has 0 saturated carbocycles. The molecule has 0 aliphatic heterocycles. The molecule has 0 aromatic carbocycles. The van der Waals surface area contributed by atoms with Crippen molar-refractivity contribution in [1.82, 2.24) is 5.32 Å². The number of carbonyl (C=O) groups is 2. The number of carboxylic acids is 2. The van der Waals surface area contributed by atoms with Crippen LogP contribution < -0.4 is 5.32 Å². The number of aliphatic hydroxyl groups excluding tert-OH is 1. The minimum atomic E-state index is -2.07. The predicted molar refractivity (Wildman–Crippen MR) is 45.9 cm³/mol. The molecule has 0 fully saturated rings. The SMILES string of the molecule is CNC(CCO)(C(=O)O)C(=O)O.[NaH]. The van der Waals surface area contributed by atoms with Crippen LogP contribution in [-0.2, 0) is 9.59 Å². The molecule has 0 unspecified atom stereocenters. The van der Waals surface area contributed by atoms with Crippen LogP contribution >= 0.6 is 0 Å². The Morgan fingerprint density at radius 1 is 1.31 bits per heavy atom. The van der Waals surface area contributed by atoms with Gasteiger partial charge in [-0.2, -0.15) is 0 Å². The summed E-state index contributed by atoms with van der Waals surface area (Å²) in [7, 11) is 1.22. The van der Waals surface area contributed by atoms with E-state index in [1.807, 2.05) is 0 Å². The van der Waals surface area contributed by atoms with Gasteiger partial charge in [-0.1, -0.05) is 0 Å². The molecule has 0 atom stereocenters. The summed E-state index contributed by atoms with van der Waals surface area (Å²) >= 11 is 0. The third kappa shape index (κ3) is 3.24. The van der Waals surface area contributed by atoms with E-state index in [1.165, 1.54) is 7.05 Å². The summed E-state index contributed by atoms with van der Waals surface area (Å²) in [5, 5.41) is 27.8. The average molecular weight is 201 g/mol. The summed E-state index contributed by atoms with van der Waals surface area (Å²) in [4.78, 5) is 21.1. The number of aliphatic carboxylic acids is 2. The van der Waals surface area contributed by atoms with E-state index in [9.17, 15) is 9.59 Å². The molecule has 0 spiro atoms. The monoisotopic (exact) mass is 201 g/mol. The van der Waals surface area contributed by atoms with Gasteiger partial charge in [-0.15, -0.1) is 0 Å². The standard InChI is InChI=1S/C6H11NO5.Na.H/c1-7-6(2-3-8,4(9)10)5(11)12;;/h7-8H,2-3H2,1H3,(H,9,10)(H,11,12);;. The second-order valence-electron chi connectivity index (χ2n) is 2.24. The summed E-state index contributed by atoms with van der Waals surface area (Å²) in [5.41, 5.74) is -2.07. The van der Waals surface area contributed by atoms with Crippen molar-refractivity contribution >= 4 is 41.5 Å². The Balaban J connectivity index is 0. The maximum absolute atomic E-state index is 10.5. The molecule has 0 amide bonds. The van der Waals surface area contributed by atoms with Crippen LogP contribution in [0.5, 0.6) is 0 Å². The Morgan fingerprint density at radius 3 is 1.77 bits per heavy atom. The van der Waals surface area contributed by atoms with Crippen molar-refractivity contribution in [3.63, 3.8) is 0 Å². The summed E-state index contributed by atoms with van der Waals surface area (Å²) < 4.78 is 0. The van der Waals surface area contributed by atoms with Crippen molar-refractivity contribution in [2.24, 2.45) is 0 Å². The molecule has 72 valence electrons. The first-order valence-corrected chi connectivity index (χ1v) is 3.28. The normalized spacial score (nSPS) is 10.3. The molecule has 0 heterocycles. The van der Waals surface area contributed by atoms with Gasteiger partial charge < -0.3 is 15.3 Å². The van der Waals surface area contributed by atoms with Crippen LogP contribution in [0.1, 0.15) is 6.42 Å². The number of rotatable bonds is 5. The van der Waals surface area contributed by atoms with Crippen molar-refractivity contribution in [2.75, 3.05) is 13.7 Å². The summed E-state index contributed by atoms with van der Waals surface area (Å²) in [6.45, 7) is -0.501. The third-order valence-electron chi connectivity index (χ3n) is 1.64. The molecule has 0 aliphatic carbocycles. The first-order chi connectivity index (χ1) is 5.51. The molecule has 0 aromatic rings. The molecule has 0 rings (SSSR count). The van der Waals surface area contributed by atoms with Gasteiger partial charge in [0.05, 0.1) is 0 Å². The molecule has 0 radical (unpaired) electrons. The zero-order valence-electron chi connectivity index (χ0n) is 6.57. The van der Waals surface area contributed by atoms with E-state index < -0.39 is 24.1 Å². The van der Waals surface area contributed by atoms with Crippen molar-refractivity contribution in [3.8, 4) is 0 Å². The Bertz CT molecular complexity index is 181. The van der Waals surface area contributed by atoms with Crippen LogP contribution in [0, 0.1) is 0 Å². The van der Waals surface area contributed by atoms with Gasteiger partial charge in [-0.3, -0.25) is 5.32 Å². The van der Waals surface area contributed by atoms with E-state index in [0.717, 1.165) is 0 Å². The first kappa shape index (κ1) is 15.3. The zero-order chi connectivity index (χ0) is 9.78. The maximum atomic E-state index is 10.5. The fourth-order valence-corrected chi connectivity index (χ4v) is 0.812. The van der Waals surface area contributed by atoms with E-state index in [1.54, 1.807) is 0 Å². The van der Waals surface area contributed by atoms with Gasteiger partial charge in [-0.25, -0.2) is 9.59 Å². The van der Waals surface area contributed by atoms with Crippen molar-refractivity contribution in [1.29, 1.82) is 0 Å². The Labute approximate surface area is 97.2 Å². The summed E-state index contributed by atoms with van der Waals surface area (Å²) in [5.74, 6) is -3.02. The third-order valence-corrected chi connectivity index (χ3v) is 1.64. The predicted octanol–water partition coefficient (Wildman–Crippen LogP) is -2.15. The van der Waals surface area contributed by atoms with Gasteiger partial charge in [-0.05, 0) is 7.05 Å². The number of aliphatic hydroxyl groups is 1. The Kier molecular flexibility index (Phi) is 7.47. The number of likely N-dealkylation sites (N-methyl/N-ethyl adjacent to an activating group) is 1. The average Bonchev–Trinajstić information content (AvgIpc) is 1.98. The summed E-state index contributed by atoms with van der Waals surface area (Å²) in [6.07, 6.45) is -0.367. The zero-order valence-corrected chi connectivity index (χ0v) is 6.57. The number of carboxylic acid groups (broad SMARTS) is 2. The molecular formula is C6H12NNaO5. The Morgan fingerprint density at radius 2 is 1.69 bits per heavy atom. The van der Waals surface area contributed by atoms with Crippen LogP contribution in [0.25, 0.3) is 0 Å². The number of hydrogen-bond acceptors (Lipinski definition) is 4. The molecule has 7 heteroatoms. The molecule has 4 N–H and O–H groups in total. The molecule has 6 nitrogen and oxygen atoms in total. The van der Waals surface area contributed by atoms with Gasteiger partial charge in [0.1, 0.15) is 0 Å². The minimum absolute atomic E-state index is 0. The van der Waals surface area contributed by atoms with E-state index >= 15 is 0 Å². The van der Waals surface area contributed by atoms with E-state index in [2.05, 4.69) is 5.32 Å². The molecule has 0 saturated heterocycles. The van der Waals surface area contributed by atoms with Gasteiger partial charge >= 0.3 is 41.5 Å². The number of hydrogen-bond donors (Lipinski definition) is 4. The van der Waals surface area contributed by atoms with Crippen molar-refractivity contribution in [2.45, 2.75) is 12.0 Å². The fourth-order valence-electron chi connectivity index (χ4n) is 0.812. The van der Waals surface area contributed by atoms with Gasteiger partial charge in [0.2, 0.25) is 5.54 Å². The topological polar surface area (TPSA) is 107 Å². The first-order valence-electron chi connectivity index (χ1n) is 3.28. The van der Waals surface area contributed by atoms with Crippen LogP contribution in [0.2, 0.25) is 0 Å². The molecule has 0 aliphatic rings. The van der Waals surface area contributed by atoms with Gasteiger partial charge in [0.15, 0.2) is 0 Å². The quantitative estimate of drug-likeness (QED) is 0.298.